The van der Waals surface area contributed by atoms with Crippen molar-refractivity contribution in [2.24, 2.45) is 0 Å². The van der Waals surface area contributed by atoms with Crippen LogP contribution in [0.2, 0.25) is 5.02 Å². The first-order valence-corrected chi connectivity index (χ1v) is 7.12. The van der Waals surface area contributed by atoms with Crippen LogP contribution in [-0.4, -0.2) is 4.57 Å². The number of halogens is 1. The molecule has 1 aromatic heterocycles. The number of aromatic nitrogens is 1. The van der Waals surface area contributed by atoms with Crippen molar-refractivity contribution in [1.82, 2.24) is 4.57 Å². The molecule has 0 aliphatic heterocycles. The van der Waals surface area contributed by atoms with Gasteiger partial charge in [0, 0.05) is 11.9 Å². The molecule has 0 atom stereocenters. The highest BCUT2D eigenvalue weighted by atomic mass is 35.5. The van der Waals surface area contributed by atoms with Gasteiger partial charge in [-0.1, -0.05) is 41.9 Å². The Kier molecular flexibility index (Phi) is 3.66. The van der Waals surface area contributed by atoms with E-state index in [1.807, 2.05) is 42.5 Å². The van der Waals surface area contributed by atoms with Crippen LogP contribution in [0.15, 0.2) is 54.6 Å². The number of ether oxygens (including phenoxy) is 1. The number of aryl methyl sites for hydroxylation is 1. The average molecular weight is 286 g/mol. The molecule has 3 rings (SSSR count). The van der Waals surface area contributed by atoms with E-state index in [2.05, 4.69) is 23.6 Å². The van der Waals surface area contributed by atoms with E-state index < -0.39 is 0 Å². The second kappa shape index (κ2) is 5.59. The molecule has 102 valence electrons. The van der Waals surface area contributed by atoms with Gasteiger partial charge in [-0.2, -0.15) is 0 Å². The highest BCUT2D eigenvalue weighted by Gasteiger charge is 2.10. The molecule has 0 bridgehead atoms. The largest absolute Gasteiger partial charge is 0.487 e. The standard InChI is InChI=1S/C17H16ClNO/c1-2-19-14(12-20-15-8-4-3-5-9-15)11-13-7-6-10-16(18)17(13)19/h3-11H,2,12H2,1H3. The first-order valence-electron chi connectivity index (χ1n) is 6.74. The highest BCUT2D eigenvalue weighted by molar-refractivity contribution is 6.35. The van der Waals surface area contributed by atoms with Gasteiger partial charge in [0.1, 0.15) is 12.4 Å². The third kappa shape index (κ3) is 2.39. The van der Waals surface area contributed by atoms with E-state index in [1.165, 1.54) is 0 Å². The molecule has 0 N–H and O–H groups in total. The second-order valence-electron chi connectivity index (χ2n) is 4.66. The molecule has 3 heteroatoms. The van der Waals surface area contributed by atoms with Crippen molar-refractivity contribution in [2.45, 2.75) is 20.1 Å². The summed E-state index contributed by atoms with van der Waals surface area (Å²) in [4.78, 5) is 0. The fourth-order valence-corrected chi connectivity index (χ4v) is 2.77. The van der Waals surface area contributed by atoms with E-state index in [9.17, 15) is 0 Å². The molecule has 3 aromatic rings. The fourth-order valence-electron chi connectivity index (χ4n) is 2.49. The molecule has 0 aliphatic rings. The van der Waals surface area contributed by atoms with Crippen LogP contribution in [0, 0.1) is 0 Å². The first kappa shape index (κ1) is 13.1. The monoisotopic (exact) mass is 285 g/mol. The molecule has 2 nitrogen and oxygen atoms in total. The smallest absolute Gasteiger partial charge is 0.128 e. The predicted molar refractivity (Wildman–Crippen MR) is 83.4 cm³/mol. The van der Waals surface area contributed by atoms with Crippen molar-refractivity contribution in [3.8, 4) is 5.75 Å². The van der Waals surface area contributed by atoms with Crippen LogP contribution >= 0.6 is 11.6 Å². The van der Waals surface area contributed by atoms with Gasteiger partial charge in [0.05, 0.1) is 16.2 Å². The number of hydrogen-bond acceptors (Lipinski definition) is 1. The van der Waals surface area contributed by atoms with Gasteiger partial charge in [-0.3, -0.25) is 0 Å². The van der Waals surface area contributed by atoms with Crippen LogP contribution in [0.25, 0.3) is 10.9 Å². The summed E-state index contributed by atoms with van der Waals surface area (Å²) in [6, 6.07) is 18.0. The molecule has 20 heavy (non-hydrogen) atoms. The summed E-state index contributed by atoms with van der Waals surface area (Å²) in [5, 5.41) is 1.95. The lowest BCUT2D eigenvalue weighted by molar-refractivity contribution is 0.296. The lowest BCUT2D eigenvalue weighted by atomic mass is 10.2. The zero-order valence-electron chi connectivity index (χ0n) is 11.3. The van der Waals surface area contributed by atoms with Crippen molar-refractivity contribution in [3.63, 3.8) is 0 Å². The van der Waals surface area contributed by atoms with Gasteiger partial charge in [0.15, 0.2) is 0 Å². The quantitative estimate of drug-likeness (QED) is 0.665. The number of rotatable bonds is 4. The highest BCUT2D eigenvalue weighted by Crippen LogP contribution is 2.27. The minimum atomic E-state index is 0.545. The molecular formula is C17H16ClNO. The van der Waals surface area contributed by atoms with Gasteiger partial charge in [0.25, 0.3) is 0 Å². The Morgan fingerprint density at radius 2 is 1.85 bits per heavy atom. The third-order valence-electron chi connectivity index (χ3n) is 3.40. The molecule has 0 unspecified atom stereocenters. The summed E-state index contributed by atoms with van der Waals surface area (Å²) in [5.41, 5.74) is 2.22. The van der Waals surface area contributed by atoms with Gasteiger partial charge in [-0.25, -0.2) is 0 Å². The summed E-state index contributed by atoms with van der Waals surface area (Å²) in [7, 11) is 0. The van der Waals surface area contributed by atoms with Crippen molar-refractivity contribution in [3.05, 3.63) is 65.3 Å². The molecule has 0 saturated heterocycles. The maximum Gasteiger partial charge on any atom is 0.128 e. The summed E-state index contributed by atoms with van der Waals surface area (Å²) in [6.07, 6.45) is 0. The number of hydrogen-bond donors (Lipinski definition) is 0. The van der Waals surface area contributed by atoms with E-state index in [4.69, 9.17) is 16.3 Å². The van der Waals surface area contributed by atoms with Gasteiger partial charge >= 0.3 is 0 Å². The van der Waals surface area contributed by atoms with Crippen LogP contribution in [0.5, 0.6) is 5.75 Å². The Hall–Kier alpha value is -1.93. The van der Waals surface area contributed by atoms with Crippen molar-refractivity contribution in [2.75, 3.05) is 0 Å². The zero-order chi connectivity index (χ0) is 13.9. The Morgan fingerprint density at radius 1 is 1.05 bits per heavy atom. The molecule has 0 radical (unpaired) electrons. The van der Waals surface area contributed by atoms with Crippen LogP contribution in [0.3, 0.4) is 0 Å². The molecule has 2 aromatic carbocycles. The lowest BCUT2D eigenvalue weighted by Gasteiger charge is -2.10. The minimum absolute atomic E-state index is 0.545. The fraction of sp³-hybridized carbons (Fsp3) is 0.176. The van der Waals surface area contributed by atoms with Gasteiger partial charge in [-0.15, -0.1) is 0 Å². The maximum absolute atomic E-state index is 6.31. The lowest BCUT2D eigenvalue weighted by Crippen LogP contribution is -2.04. The van der Waals surface area contributed by atoms with Crippen LogP contribution in [0.4, 0.5) is 0 Å². The number of nitrogens with zero attached hydrogens (tertiary/aromatic N) is 1. The van der Waals surface area contributed by atoms with Crippen LogP contribution in [0.1, 0.15) is 12.6 Å². The molecule has 0 saturated carbocycles. The van der Waals surface area contributed by atoms with Gasteiger partial charge < -0.3 is 9.30 Å². The summed E-state index contributed by atoms with van der Waals surface area (Å²) >= 11 is 6.31. The van der Waals surface area contributed by atoms with Crippen molar-refractivity contribution < 1.29 is 4.74 Å². The molecule has 0 aliphatic carbocycles. The summed E-state index contributed by atoms with van der Waals surface area (Å²) in [6.45, 7) is 3.54. The Balaban J connectivity index is 1.93. The van der Waals surface area contributed by atoms with Gasteiger partial charge in [-0.05, 0) is 31.2 Å². The van der Waals surface area contributed by atoms with Crippen molar-refractivity contribution in [1.29, 1.82) is 0 Å². The van der Waals surface area contributed by atoms with Crippen LogP contribution in [-0.2, 0) is 13.2 Å². The molecule has 0 fully saturated rings. The van der Waals surface area contributed by atoms with Crippen LogP contribution < -0.4 is 4.74 Å². The third-order valence-corrected chi connectivity index (χ3v) is 3.71. The minimum Gasteiger partial charge on any atom is -0.487 e. The van der Waals surface area contributed by atoms with E-state index in [-0.39, 0.29) is 0 Å². The Morgan fingerprint density at radius 3 is 2.60 bits per heavy atom. The average Bonchev–Trinajstić information content (AvgIpc) is 2.85. The maximum atomic E-state index is 6.31. The normalized spacial score (nSPS) is 10.9. The van der Waals surface area contributed by atoms with E-state index >= 15 is 0 Å². The van der Waals surface area contributed by atoms with Gasteiger partial charge in [0.2, 0.25) is 0 Å². The molecule has 0 spiro atoms. The molecule has 0 amide bonds. The topological polar surface area (TPSA) is 14.2 Å². The van der Waals surface area contributed by atoms with E-state index in [0.717, 1.165) is 33.9 Å². The van der Waals surface area contributed by atoms with E-state index in [1.54, 1.807) is 0 Å². The number of para-hydroxylation sites is 2. The number of fused-ring (bicyclic) bond motifs is 1. The summed E-state index contributed by atoms with van der Waals surface area (Å²) < 4.78 is 8.05. The van der Waals surface area contributed by atoms with Crippen molar-refractivity contribution >= 4 is 22.5 Å². The Bertz CT molecular complexity index is 718. The first-order chi connectivity index (χ1) is 9.79. The van der Waals surface area contributed by atoms with E-state index in [0.29, 0.717) is 6.61 Å². The summed E-state index contributed by atoms with van der Waals surface area (Å²) in [5.74, 6) is 0.881. The Labute approximate surface area is 123 Å². The molecular weight excluding hydrogens is 270 g/mol. The predicted octanol–water partition coefficient (Wildman–Crippen LogP) is 4.89. The molecule has 1 heterocycles. The second-order valence-corrected chi connectivity index (χ2v) is 5.07. The zero-order valence-corrected chi connectivity index (χ0v) is 12.1. The number of benzene rings is 2. The SMILES string of the molecule is CCn1c(COc2ccccc2)cc2cccc(Cl)c21.